The first kappa shape index (κ1) is 16.9. The largest absolute Gasteiger partial charge is 0.328 e. The summed E-state index contributed by atoms with van der Waals surface area (Å²) in [5.74, 6) is 2.55. The van der Waals surface area contributed by atoms with E-state index in [1.54, 1.807) is 11.8 Å². The standard InChI is InChI=1S/C20H25N3OS/c1-14-7-5-6-10-17(14)20-13-21-11-16(20)12-25-19(23-20)22-18(24)15-8-3-2-4-9-15/h2-10,14,16-17,19,21,23H,11-13H2,1H3,(H,22,24)/t14?,16-,17?,19?,20?/m0/s1. The third-order valence-corrected chi connectivity index (χ3v) is 6.87. The van der Waals surface area contributed by atoms with Gasteiger partial charge in [-0.3, -0.25) is 10.1 Å². The molecule has 4 nitrogen and oxygen atoms in total. The number of allylic oxidation sites excluding steroid dienone is 3. The first-order chi connectivity index (χ1) is 12.2. The normalized spacial score (nSPS) is 36.8. The van der Waals surface area contributed by atoms with E-state index in [1.165, 1.54) is 0 Å². The average molecular weight is 356 g/mol. The predicted octanol–water partition coefficient (Wildman–Crippen LogP) is 2.37. The number of nitrogens with one attached hydrogen (secondary N) is 3. The second kappa shape index (κ2) is 6.98. The van der Waals surface area contributed by atoms with E-state index in [2.05, 4.69) is 47.2 Å². The number of carbonyl (C=O) groups excluding carboxylic acids is 1. The Balaban J connectivity index is 1.52. The highest BCUT2D eigenvalue weighted by molar-refractivity contribution is 7.99. The van der Waals surface area contributed by atoms with Crippen LogP contribution in [0.25, 0.3) is 0 Å². The van der Waals surface area contributed by atoms with E-state index in [-0.39, 0.29) is 16.9 Å². The topological polar surface area (TPSA) is 53.2 Å². The molecule has 25 heavy (non-hydrogen) atoms. The number of carbonyl (C=O) groups is 1. The van der Waals surface area contributed by atoms with E-state index < -0.39 is 0 Å². The quantitative estimate of drug-likeness (QED) is 0.779. The minimum atomic E-state index is -0.0598. The van der Waals surface area contributed by atoms with Crippen LogP contribution in [-0.2, 0) is 0 Å². The highest BCUT2D eigenvalue weighted by atomic mass is 32.2. The molecule has 2 fully saturated rings. The van der Waals surface area contributed by atoms with Crippen LogP contribution in [0.5, 0.6) is 0 Å². The lowest BCUT2D eigenvalue weighted by Gasteiger charge is -2.49. The molecule has 4 unspecified atom stereocenters. The number of hydrogen-bond acceptors (Lipinski definition) is 4. The summed E-state index contributed by atoms with van der Waals surface area (Å²) in [7, 11) is 0. The number of rotatable bonds is 3. The third kappa shape index (κ3) is 3.16. The Kier molecular flexibility index (Phi) is 4.71. The minimum absolute atomic E-state index is 0.000557. The van der Waals surface area contributed by atoms with Crippen molar-refractivity contribution in [1.82, 2.24) is 16.0 Å². The van der Waals surface area contributed by atoms with Crippen molar-refractivity contribution in [2.45, 2.75) is 18.0 Å². The first-order valence-corrected chi connectivity index (χ1v) is 10.0. The van der Waals surface area contributed by atoms with Crippen molar-refractivity contribution in [2.75, 3.05) is 18.8 Å². The predicted molar refractivity (Wildman–Crippen MR) is 103 cm³/mol. The highest BCUT2D eigenvalue weighted by Crippen LogP contribution is 2.42. The van der Waals surface area contributed by atoms with E-state index >= 15 is 0 Å². The molecule has 1 aromatic carbocycles. The van der Waals surface area contributed by atoms with Crippen LogP contribution < -0.4 is 16.0 Å². The molecule has 2 heterocycles. The summed E-state index contributed by atoms with van der Waals surface area (Å²) in [6, 6.07) is 9.44. The lowest BCUT2D eigenvalue weighted by Crippen LogP contribution is -2.67. The summed E-state index contributed by atoms with van der Waals surface area (Å²) in [4.78, 5) is 12.5. The van der Waals surface area contributed by atoms with Crippen LogP contribution in [0.3, 0.4) is 0 Å². The molecular formula is C20H25N3OS. The number of thioether (sulfide) groups is 1. The van der Waals surface area contributed by atoms with E-state index in [9.17, 15) is 4.79 Å². The van der Waals surface area contributed by atoms with Gasteiger partial charge in [-0.15, -0.1) is 11.8 Å². The van der Waals surface area contributed by atoms with Gasteiger partial charge in [0.2, 0.25) is 0 Å². The summed E-state index contributed by atoms with van der Waals surface area (Å²) in [5, 5.41) is 10.6. The Morgan fingerprint density at radius 2 is 2.04 bits per heavy atom. The Bertz CT molecular complexity index is 689. The van der Waals surface area contributed by atoms with Gasteiger partial charge < -0.3 is 10.6 Å². The van der Waals surface area contributed by atoms with Crippen molar-refractivity contribution < 1.29 is 4.79 Å². The molecular weight excluding hydrogens is 330 g/mol. The summed E-state index contributed by atoms with van der Waals surface area (Å²) >= 11 is 1.80. The molecule has 0 radical (unpaired) electrons. The van der Waals surface area contributed by atoms with E-state index in [0.29, 0.717) is 23.3 Å². The van der Waals surface area contributed by atoms with Crippen LogP contribution in [-0.4, -0.2) is 35.8 Å². The zero-order valence-corrected chi connectivity index (χ0v) is 15.3. The summed E-state index contributed by atoms with van der Waals surface area (Å²) in [6.45, 7) is 4.28. The zero-order valence-electron chi connectivity index (χ0n) is 14.4. The van der Waals surface area contributed by atoms with Gasteiger partial charge in [-0.05, 0) is 18.1 Å². The van der Waals surface area contributed by atoms with Crippen molar-refractivity contribution in [2.24, 2.45) is 17.8 Å². The van der Waals surface area contributed by atoms with Crippen LogP contribution in [0.2, 0.25) is 0 Å². The number of benzene rings is 1. The van der Waals surface area contributed by atoms with Gasteiger partial charge in [0.05, 0.1) is 0 Å². The average Bonchev–Trinajstić information content (AvgIpc) is 3.07. The Labute approximate surface area is 153 Å². The molecule has 5 heteroatoms. The fourth-order valence-electron chi connectivity index (χ4n) is 4.37. The maximum atomic E-state index is 12.5. The van der Waals surface area contributed by atoms with Crippen molar-refractivity contribution >= 4 is 17.7 Å². The summed E-state index contributed by atoms with van der Waals surface area (Å²) in [5.41, 5.74) is 0.649. The lowest BCUT2D eigenvalue weighted by molar-refractivity contribution is 0.0919. The molecule has 1 aliphatic carbocycles. The van der Waals surface area contributed by atoms with Gasteiger partial charge in [-0.25, -0.2) is 0 Å². The second-order valence-corrected chi connectivity index (χ2v) is 8.36. The Hall–Kier alpha value is -1.56. The van der Waals surface area contributed by atoms with Gasteiger partial charge in [0.25, 0.3) is 5.91 Å². The SMILES string of the molecule is CC1C=CC=CC1C12CNC[C@H]1CSC(NC(=O)c1ccccc1)N2. The Morgan fingerprint density at radius 3 is 2.84 bits per heavy atom. The van der Waals surface area contributed by atoms with Gasteiger partial charge in [-0.1, -0.05) is 49.4 Å². The summed E-state index contributed by atoms with van der Waals surface area (Å²) < 4.78 is 0. The number of hydrogen-bond donors (Lipinski definition) is 3. The van der Waals surface area contributed by atoms with Gasteiger partial charge in [0.15, 0.2) is 0 Å². The Morgan fingerprint density at radius 1 is 1.24 bits per heavy atom. The maximum absolute atomic E-state index is 12.5. The van der Waals surface area contributed by atoms with Crippen LogP contribution in [0, 0.1) is 17.8 Å². The molecule has 3 aliphatic rings. The molecule has 4 rings (SSSR count). The highest BCUT2D eigenvalue weighted by Gasteiger charge is 2.52. The molecule has 0 saturated carbocycles. The van der Waals surface area contributed by atoms with Crippen molar-refractivity contribution in [1.29, 1.82) is 0 Å². The molecule has 5 atom stereocenters. The molecule has 2 saturated heterocycles. The van der Waals surface area contributed by atoms with E-state index in [1.807, 2.05) is 30.3 Å². The van der Waals surface area contributed by atoms with Crippen molar-refractivity contribution in [3.8, 4) is 0 Å². The third-order valence-electron chi connectivity index (χ3n) is 5.70. The maximum Gasteiger partial charge on any atom is 0.253 e. The number of amides is 1. The summed E-state index contributed by atoms with van der Waals surface area (Å²) in [6.07, 6.45) is 8.93. The molecule has 3 N–H and O–H groups in total. The second-order valence-electron chi connectivity index (χ2n) is 7.22. The molecule has 0 bridgehead atoms. The smallest absolute Gasteiger partial charge is 0.253 e. The van der Waals surface area contributed by atoms with Gasteiger partial charge in [0, 0.05) is 41.8 Å². The molecule has 1 aromatic rings. The van der Waals surface area contributed by atoms with E-state index in [4.69, 9.17) is 0 Å². The van der Waals surface area contributed by atoms with Crippen LogP contribution in [0.1, 0.15) is 17.3 Å². The molecule has 1 amide bonds. The molecule has 2 aliphatic heterocycles. The van der Waals surface area contributed by atoms with Crippen LogP contribution in [0.4, 0.5) is 0 Å². The molecule has 0 aromatic heterocycles. The fourth-order valence-corrected chi connectivity index (χ4v) is 5.70. The van der Waals surface area contributed by atoms with Gasteiger partial charge in [-0.2, -0.15) is 0 Å². The minimum Gasteiger partial charge on any atom is -0.328 e. The van der Waals surface area contributed by atoms with Crippen LogP contribution >= 0.6 is 11.8 Å². The molecule has 132 valence electrons. The fraction of sp³-hybridized carbons (Fsp3) is 0.450. The van der Waals surface area contributed by atoms with Crippen molar-refractivity contribution in [3.63, 3.8) is 0 Å². The monoisotopic (exact) mass is 355 g/mol. The van der Waals surface area contributed by atoms with E-state index in [0.717, 1.165) is 18.8 Å². The van der Waals surface area contributed by atoms with Gasteiger partial charge in [0.1, 0.15) is 5.50 Å². The van der Waals surface area contributed by atoms with Gasteiger partial charge >= 0.3 is 0 Å². The molecule has 0 spiro atoms. The van der Waals surface area contributed by atoms with Crippen molar-refractivity contribution in [3.05, 3.63) is 60.2 Å². The lowest BCUT2D eigenvalue weighted by atomic mass is 9.69. The zero-order chi connectivity index (χ0) is 17.3. The van der Waals surface area contributed by atoms with Crippen LogP contribution in [0.15, 0.2) is 54.6 Å². The first-order valence-electron chi connectivity index (χ1n) is 9.00. The number of fused-ring (bicyclic) bond motifs is 1.